The first kappa shape index (κ1) is 15.6. The third-order valence-corrected chi connectivity index (χ3v) is 5.69. The van der Waals surface area contributed by atoms with Crippen LogP contribution >= 0.6 is 0 Å². The second kappa shape index (κ2) is 5.17. The molecule has 5 rings (SSSR count). The minimum absolute atomic E-state index is 0.0770. The lowest BCUT2D eigenvalue weighted by Crippen LogP contribution is -2.66. The second-order valence-corrected chi connectivity index (χ2v) is 8.95. The van der Waals surface area contributed by atoms with Crippen LogP contribution in [0.3, 0.4) is 0 Å². The average Bonchev–Trinajstić information content (AvgIpc) is 3.11. The molecule has 3 aliphatic rings. The van der Waals surface area contributed by atoms with Crippen molar-refractivity contribution < 1.29 is 9.47 Å². The summed E-state index contributed by atoms with van der Waals surface area (Å²) in [5.41, 5.74) is 1.35. The van der Waals surface area contributed by atoms with Crippen LogP contribution in [0.5, 0.6) is 0 Å². The van der Waals surface area contributed by atoms with Crippen LogP contribution in [0.1, 0.15) is 39.1 Å². The number of anilines is 1. The number of hydrogen-bond donors (Lipinski definition) is 0. The zero-order valence-electron chi connectivity index (χ0n) is 15.3. The van der Waals surface area contributed by atoms with Gasteiger partial charge in [-0.1, -0.05) is 20.8 Å². The van der Waals surface area contributed by atoms with Gasteiger partial charge in [-0.25, -0.2) is 9.97 Å². The van der Waals surface area contributed by atoms with Crippen molar-refractivity contribution in [2.75, 3.05) is 44.4 Å². The van der Waals surface area contributed by atoms with Crippen molar-refractivity contribution in [2.45, 2.75) is 38.6 Å². The van der Waals surface area contributed by atoms with Gasteiger partial charge in [-0.3, -0.25) is 0 Å². The van der Waals surface area contributed by atoms with E-state index in [-0.39, 0.29) is 5.41 Å². The quantitative estimate of drug-likeness (QED) is 0.839. The second-order valence-electron chi connectivity index (χ2n) is 8.95. The van der Waals surface area contributed by atoms with E-state index in [0.717, 1.165) is 68.6 Å². The molecule has 3 aliphatic heterocycles. The van der Waals surface area contributed by atoms with Crippen molar-refractivity contribution in [3.05, 3.63) is 18.1 Å². The third-order valence-electron chi connectivity index (χ3n) is 5.69. The average molecular weight is 342 g/mol. The predicted molar refractivity (Wildman–Crippen MR) is 96.2 cm³/mol. The molecule has 1 atom stereocenters. The van der Waals surface area contributed by atoms with Gasteiger partial charge in [-0.05, 0) is 12.5 Å². The Morgan fingerprint density at radius 2 is 1.96 bits per heavy atom. The van der Waals surface area contributed by atoms with Gasteiger partial charge < -0.3 is 18.9 Å². The van der Waals surface area contributed by atoms with Crippen LogP contribution < -0.4 is 4.90 Å². The first-order chi connectivity index (χ1) is 12.0. The fourth-order valence-corrected chi connectivity index (χ4v) is 4.12. The van der Waals surface area contributed by atoms with Crippen molar-refractivity contribution in [3.8, 4) is 0 Å². The minimum atomic E-state index is -0.0770. The van der Waals surface area contributed by atoms with Crippen molar-refractivity contribution in [1.29, 1.82) is 0 Å². The molecule has 3 saturated heterocycles. The molecule has 0 saturated carbocycles. The molecule has 25 heavy (non-hydrogen) atoms. The highest BCUT2D eigenvalue weighted by atomic mass is 16.5. The molecule has 0 radical (unpaired) electrons. The van der Waals surface area contributed by atoms with Gasteiger partial charge in [0.05, 0.1) is 36.7 Å². The number of nitrogens with zero attached hydrogens (tertiary/aromatic N) is 4. The van der Waals surface area contributed by atoms with E-state index >= 15 is 0 Å². The molecule has 1 spiro atoms. The molecule has 0 aromatic carbocycles. The van der Waals surface area contributed by atoms with E-state index in [9.17, 15) is 0 Å². The van der Waals surface area contributed by atoms with Crippen LogP contribution in [0, 0.1) is 5.41 Å². The van der Waals surface area contributed by atoms with Crippen molar-refractivity contribution in [1.82, 2.24) is 14.5 Å². The van der Waals surface area contributed by atoms with E-state index in [1.807, 2.05) is 0 Å². The lowest BCUT2D eigenvalue weighted by molar-refractivity contribution is -0.127. The summed E-state index contributed by atoms with van der Waals surface area (Å²) in [6.07, 6.45) is 3.22. The molecule has 0 N–H and O–H groups in total. The van der Waals surface area contributed by atoms with Gasteiger partial charge in [0.15, 0.2) is 0 Å². The summed E-state index contributed by atoms with van der Waals surface area (Å²) >= 11 is 0. The molecule has 0 aliphatic carbocycles. The largest absolute Gasteiger partial charge is 0.380 e. The van der Waals surface area contributed by atoms with Crippen LogP contribution in [0.25, 0.3) is 11.0 Å². The molecule has 2 aromatic heterocycles. The number of hydrogen-bond acceptors (Lipinski definition) is 5. The monoisotopic (exact) mass is 342 g/mol. The summed E-state index contributed by atoms with van der Waals surface area (Å²) in [5.74, 6) is 2.00. The lowest BCUT2D eigenvalue weighted by Gasteiger charge is -2.55. The van der Waals surface area contributed by atoms with E-state index in [4.69, 9.17) is 19.4 Å². The first-order valence-electron chi connectivity index (χ1n) is 9.25. The van der Waals surface area contributed by atoms with Crippen molar-refractivity contribution >= 4 is 16.9 Å². The zero-order chi connectivity index (χ0) is 17.2. The molecule has 134 valence electrons. The number of aromatic nitrogens is 3. The smallest absolute Gasteiger partial charge is 0.146 e. The van der Waals surface area contributed by atoms with Gasteiger partial charge in [-0.15, -0.1) is 0 Å². The SMILES string of the molecule is CC(C)(C)c1nc(N2CC3(COC3)C2)c2ccn([C@@H]3CCOC3)c2n1. The first-order valence-corrected chi connectivity index (χ1v) is 9.25. The Labute approximate surface area is 148 Å². The standard InChI is InChI=1S/C19H26N4O2/c1-18(2,3)17-20-15(22-9-19(10-22)11-25-12-19)14-4-6-23(16(14)21-17)13-5-7-24-8-13/h4,6,13H,5,7-12H2,1-3H3/t13-/m1/s1. The molecule has 6 heteroatoms. The molecule has 2 aromatic rings. The third kappa shape index (κ3) is 2.38. The Morgan fingerprint density at radius 1 is 1.16 bits per heavy atom. The summed E-state index contributed by atoms with van der Waals surface area (Å²) < 4.78 is 13.3. The van der Waals surface area contributed by atoms with Gasteiger partial charge >= 0.3 is 0 Å². The van der Waals surface area contributed by atoms with Crippen LogP contribution in [0.15, 0.2) is 12.3 Å². The van der Waals surface area contributed by atoms with E-state index in [2.05, 4.69) is 42.5 Å². The van der Waals surface area contributed by atoms with E-state index in [1.54, 1.807) is 0 Å². The van der Waals surface area contributed by atoms with Crippen LogP contribution in [0.2, 0.25) is 0 Å². The van der Waals surface area contributed by atoms with Gasteiger partial charge in [0.1, 0.15) is 17.3 Å². The van der Waals surface area contributed by atoms with Crippen LogP contribution in [0.4, 0.5) is 5.82 Å². The summed E-state index contributed by atoms with van der Waals surface area (Å²) in [6.45, 7) is 12.0. The van der Waals surface area contributed by atoms with E-state index < -0.39 is 0 Å². The summed E-state index contributed by atoms with van der Waals surface area (Å²) in [7, 11) is 0. The normalized spacial score (nSPS) is 25.4. The molecule has 5 heterocycles. The van der Waals surface area contributed by atoms with Gasteiger partial charge in [-0.2, -0.15) is 0 Å². The highest BCUT2D eigenvalue weighted by molar-refractivity contribution is 5.89. The van der Waals surface area contributed by atoms with Crippen LogP contribution in [-0.4, -0.2) is 54.1 Å². The van der Waals surface area contributed by atoms with Crippen molar-refractivity contribution in [2.24, 2.45) is 5.41 Å². The molecule has 3 fully saturated rings. The molecule has 6 nitrogen and oxygen atoms in total. The maximum absolute atomic E-state index is 5.60. The van der Waals surface area contributed by atoms with Crippen LogP contribution in [-0.2, 0) is 14.9 Å². The molecular formula is C19H26N4O2. The van der Waals surface area contributed by atoms with Crippen molar-refractivity contribution in [3.63, 3.8) is 0 Å². The van der Waals surface area contributed by atoms with Gasteiger partial charge in [0.25, 0.3) is 0 Å². The summed E-state index contributed by atoms with van der Waals surface area (Å²) in [4.78, 5) is 12.4. The molecular weight excluding hydrogens is 316 g/mol. The predicted octanol–water partition coefficient (Wildman–Crippen LogP) is 2.53. The summed E-state index contributed by atoms with van der Waals surface area (Å²) in [6, 6.07) is 2.56. The number of fused-ring (bicyclic) bond motifs is 1. The summed E-state index contributed by atoms with van der Waals surface area (Å²) in [5, 5.41) is 1.16. The highest BCUT2D eigenvalue weighted by Gasteiger charge is 2.50. The Bertz CT molecular complexity index is 805. The van der Waals surface area contributed by atoms with E-state index in [1.165, 1.54) is 0 Å². The Hall–Kier alpha value is -1.66. The Morgan fingerprint density at radius 3 is 2.56 bits per heavy atom. The van der Waals surface area contributed by atoms with Gasteiger partial charge in [0.2, 0.25) is 0 Å². The number of rotatable bonds is 2. The topological polar surface area (TPSA) is 52.4 Å². The van der Waals surface area contributed by atoms with Gasteiger partial charge in [0, 0.05) is 31.3 Å². The fourth-order valence-electron chi connectivity index (χ4n) is 4.12. The Kier molecular flexibility index (Phi) is 3.23. The zero-order valence-corrected chi connectivity index (χ0v) is 15.3. The Balaban J connectivity index is 1.60. The highest BCUT2D eigenvalue weighted by Crippen LogP contribution is 2.42. The van der Waals surface area contributed by atoms with E-state index in [0.29, 0.717) is 11.5 Å². The molecule has 0 amide bonds. The number of ether oxygens (including phenoxy) is 2. The fraction of sp³-hybridized carbons (Fsp3) is 0.684. The molecule has 0 bridgehead atoms. The molecule has 0 unspecified atom stereocenters. The minimum Gasteiger partial charge on any atom is -0.380 e. The maximum Gasteiger partial charge on any atom is 0.146 e. The maximum atomic E-state index is 5.60. The lowest BCUT2D eigenvalue weighted by atomic mass is 9.78.